The molecule has 6 nitrogen and oxygen atoms in total. The van der Waals surface area contributed by atoms with Gasteiger partial charge < -0.3 is 15.2 Å². The fourth-order valence-corrected chi connectivity index (χ4v) is 3.77. The maximum absolute atomic E-state index is 11.4. The number of carboxylic acid groups (broad SMARTS) is 1. The highest BCUT2D eigenvalue weighted by Gasteiger charge is 2.13. The van der Waals surface area contributed by atoms with Crippen molar-refractivity contribution in [2.45, 2.75) is 13.3 Å². The van der Waals surface area contributed by atoms with Crippen molar-refractivity contribution in [2.75, 3.05) is 18.5 Å². The third-order valence-corrected chi connectivity index (χ3v) is 5.33. The van der Waals surface area contributed by atoms with E-state index in [-0.39, 0.29) is 5.56 Å². The quantitative estimate of drug-likeness (QED) is 0.376. The highest BCUT2D eigenvalue weighted by Crippen LogP contribution is 2.27. The molecule has 0 aliphatic heterocycles. The number of nitrogens with zero attached hydrogens (tertiary/aromatic N) is 2. The lowest BCUT2D eigenvalue weighted by Gasteiger charge is -2.11. The van der Waals surface area contributed by atoms with Gasteiger partial charge in [-0.25, -0.2) is 14.8 Å². The minimum Gasteiger partial charge on any atom is -0.493 e. The van der Waals surface area contributed by atoms with E-state index in [9.17, 15) is 9.90 Å². The Morgan fingerprint density at radius 2 is 1.97 bits per heavy atom. The van der Waals surface area contributed by atoms with Crippen molar-refractivity contribution in [1.29, 1.82) is 0 Å². The summed E-state index contributed by atoms with van der Waals surface area (Å²) in [6.07, 6.45) is 8.03. The molecular formula is C27H23N3O3. The number of aromatic carboxylic acids is 1. The molecule has 0 aliphatic rings. The van der Waals surface area contributed by atoms with Crippen LogP contribution in [0, 0.1) is 12.3 Å². The molecule has 4 rings (SSSR count). The molecule has 2 N–H and O–H groups in total. The second-order valence-corrected chi connectivity index (χ2v) is 7.38. The molecule has 3 aromatic carbocycles. The fourth-order valence-electron chi connectivity index (χ4n) is 3.77. The Labute approximate surface area is 192 Å². The molecule has 0 amide bonds. The first-order valence-corrected chi connectivity index (χ1v) is 10.6. The maximum Gasteiger partial charge on any atom is 0.339 e. The lowest BCUT2D eigenvalue weighted by molar-refractivity contribution is 0.0692. The van der Waals surface area contributed by atoms with Crippen molar-refractivity contribution in [3.8, 4) is 29.4 Å². The molecular weight excluding hydrogens is 414 g/mol. The van der Waals surface area contributed by atoms with Gasteiger partial charge >= 0.3 is 5.97 Å². The van der Waals surface area contributed by atoms with Gasteiger partial charge in [-0.3, -0.25) is 0 Å². The fraction of sp³-hybridized carbons (Fsp3) is 0.148. The molecule has 1 heterocycles. The number of terminal acetylenes is 1. The van der Waals surface area contributed by atoms with Gasteiger partial charge in [-0.15, -0.1) is 6.42 Å². The average molecular weight is 437 g/mol. The first kappa shape index (κ1) is 21.8. The minimum absolute atomic E-state index is 0.118. The number of fused-ring (bicyclic) bond motifs is 1. The molecule has 0 saturated carbocycles. The zero-order valence-corrected chi connectivity index (χ0v) is 18.2. The SMILES string of the molecule is C#Cc1c(CCNc2cc(-c3ccc(C(=O)O)c(OCC)c3)ncn2)ccc2ccccc12. The van der Waals surface area contributed by atoms with Crippen LogP contribution in [-0.2, 0) is 6.42 Å². The standard InChI is InChI=1S/C27H23N3O3/c1-3-21-19(10-9-18-7-5-6-8-22(18)21)13-14-28-26-16-24(29-17-30-26)20-11-12-23(27(31)32)25(15-20)33-4-2/h1,5-12,15-17H,4,13-14H2,2H3,(H,31,32)(H,28,29,30). The predicted octanol–water partition coefficient (Wildman–Crippen LogP) is 5.03. The van der Waals surface area contributed by atoms with Crippen LogP contribution in [0.25, 0.3) is 22.0 Å². The Balaban J connectivity index is 1.51. The van der Waals surface area contributed by atoms with Crippen molar-refractivity contribution in [3.05, 3.63) is 83.7 Å². The molecule has 0 atom stereocenters. The number of carbonyl (C=O) groups is 1. The van der Waals surface area contributed by atoms with Gasteiger partial charge in [0.25, 0.3) is 0 Å². The minimum atomic E-state index is -1.03. The summed E-state index contributed by atoms with van der Waals surface area (Å²) in [5.41, 5.74) is 3.55. The monoisotopic (exact) mass is 437 g/mol. The van der Waals surface area contributed by atoms with Gasteiger partial charge in [0.05, 0.1) is 12.3 Å². The Kier molecular flexibility index (Phi) is 6.51. The summed E-state index contributed by atoms with van der Waals surface area (Å²) in [7, 11) is 0. The number of carboxylic acids is 1. The van der Waals surface area contributed by atoms with Crippen molar-refractivity contribution < 1.29 is 14.6 Å². The van der Waals surface area contributed by atoms with E-state index in [0.29, 0.717) is 30.4 Å². The van der Waals surface area contributed by atoms with Crippen molar-refractivity contribution in [3.63, 3.8) is 0 Å². The normalized spacial score (nSPS) is 10.5. The van der Waals surface area contributed by atoms with Crippen LogP contribution in [-0.4, -0.2) is 34.2 Å². The first-order valence-electron chi connectivity index (χ1n) is 10.6. The van der Waals surface area contributed by atoms with Crippen LogP contribution in [0.3, 0.4) is 0 Å². The summed E-state index contributed by atoms with van der Waals surface area (Å²) in [6.45, 7) is 2.83. The molecule has 0 spiro atoms. The molecule has 0 aliphatic carbocycles. The number of aromatic nitrogens is 2. The molecule has 0 bridgehead atoms. The number of nitrogens with one attached hydrogen (secondary N) is 1. The summed E-state index contributed by atoms with van der Waals surface area (Å²) in [6, 6.07) is 19.0. The van der Waals surface area contributed by atoms with Gasteiger partial charge in [0, 0.05) is 23.7 Å². The summed E-state index contributed by atoms with van der Waals surface area (Å²) < 4.78 is 5.50. The summed E-state index contributed by atoms with van der Waals surface area (Å²) >= 11 is 0. The molecule has 33 heavy (non-hydrogen) atoms. The lowest BCUT2D eigenvalue weighted by Crippen LogP contribution is -2.08. The summed E-state index contributed by atoms with van der Waals surface area (Å²) in [5.74, 6) is 2.79. The smallest absolute Gasteiger partial charge is 0.339 e. The third-order valence-electron chi connectivity index (χ3n) is 5.33. The zero-order chi connectivity index (χ0) is 23.2. The maximum atomic E-state index is 11.4. The van der Waals surface area contributed by atoms with Gasteiger partial charge in [-0.05, 0) is 41.8 Å². The van der Waals surface area contributed by atoms with E-state index in [1.807, 2.05) is 31.2 Å². The van der Waals surface area contributed by atoms with Crippen molar-refractivity contribution >= 4 is 22.6 Å². The Morgan fingerprint density at radius 3 is 2.76 bits per heavy atom. The van der Waals surface area contributed by atoms with E-state index in [0.717, 1.165) is 33.9 Å². The van der Waals surface area contributed by atoms with Gasteiger partial charge in [-0.1, -0.05) is 48.4 Å². The van der Waals surface area contributed by atoms with Crippen LogP contribution in [0.5, 0.6) is 5.75 Å². The number of rotatable bonds is 8. The van der Waals surface area contributed by atoms with Crippen LogP contribution < -0.4 is 10.1 Å². The van der Waals surface area contributed by atoms with E-state index >= 15 is 0 Å². The first-order chi connectivity index (χ1) is 16.1. The molecule has 0 radical (unpaired) electrons. The van der Waals surface area contributed by atoms with Crippen LogP contribution in [0.4, 0.5) is 5.82 Å². The van der Waals surface area contributed by atoms with Gasteiger partial charge in [0.1, 0.15) is 23.5 Å². The van der Waals surface area contributed by atoms with Crippen LogP contribution in [0.15, 0.2) is 67.0 Å². The highest BCUT2D eigenvalue weighted by atomic mass is 16.5. The molecule has 4 aromatic rings. The Bertz CT molecular complexity index is 1360. The van der Waals surface area contributed by atoms with Gasteiger partial charge in [-0.2, -0.15) is 0 Å². The summed E-state index contributed by atoms with van der Waals surface area (Å²) in [5, 5.41) is 14.9. The number of hydrogen-bond donors (Lipinski definition) is 2. The number of benzene rings is 3. The Morgan fingerprint density at radius 1 is 1.12 bits per heavy atom. The van der Waals surface area contributed by atoms with E-state index in [1.54, 1.807) is 12.1 Å². The van der Waals surface area contributed by atoms with E-state index in [1.165, 1.54) is 12.4 Å². The molecule has 0 fully saturated rings. The van der Waals surface area contributed by atoms with Crippen LogP contribution in [0.2, 0.25) is 0 Å². The highest BCUT2D eigenvalue weighted by molar-refractivity contribution is 5.92. The third kappa shape index (κ3) is 4.78. The largest absolute Gasteiger partial charge is 0.493 e. The van der Waals surface area contributed by atoms with Crippen molar-refractivity contribution in [1.82, 2.24) is 9.97 Å². The second-order valence-electron chi connectivity index (χ2n) is 7.38. The molecule has 1 aromatic heterocycles. The molecule has 164 valence electrons. The Hall–Kier alpha value is -4.37. The number of ether oxygens (including phenoxy) is 1. The topological polar surface area (TPSA) is 84.3 Å². The second kappa shape index (κ2) is 9.84. The van der Waals surface area contributed by atoms with E-state index < -0.39 is 5.97 Å². The van der Waals surface area contributed by atoms with E-state index in [2.05, 4.69) is 39.4 Å². The van der Waals surface area contributed by atoms with Gasteiger partial charge in [0.15, 0.2) is 0 Å². The zero-order valence-electron chi connectivity index (χ0n) is 18.2. The van der Waals surface area contributed by atoms with Gasteiger partial charge in [0.2, 0.25) is 0 Å². The van der Waals surface area contributed by atoms with Crippen LogP contribution in [0.1, 0.15) is 28.4 Å². The average Bonchev–Trinajstić information content (AvgIpc) is 2.84. The molecule has 0 unspecified atom stereocenters. The molecule has 6 heteroatoms. The summed E-state index contributed by atoms with van der Waals surface area (Å²) in [4.78, 5) is 20.1. The number of hydrogen-bond acceptors (Lipinski definition) is 5. The number of anilines is 1. The van der Waals surface area contributed by atoms with Crippen molar-refractivity contribution in [2.24, 2.45) is 0 Å². The van der Waals surface area contributed by atoms with Crippen LogP contribution >= 0.6 is 0 Å². The lowest BCUT2D eigenvalue weighted by atomic mass is 9.97. The van der Waals surface area contributed by atoms with E-state index in [4.69, 9.17) is 11.2 Å². The predicted molar refractivity (Wildman–Crippen MR) is 130 cm³/mol. The molecule has 0 saturated heterocycles.